The minimum Gasteiger partial charge on any atom is -0.496 e. The van der Waals surface area contributed by atoms with E-state index in [0.29, 0.717) is 0 Å². The summed E-state index contributed by atoms with van der Waals surface area (Å²) < 4.78 is 5.66. The summed E-state index contributed by atoms with van der Waals surface area (Å²) in [7, 11) is 1.71. The molecular formula is C23H21ClN2O. The van der Waals surface area contributed by atoms with E-state index in [4.69, 9.17) is 16.3 Å². The van der Waals surface area contributed by atoms with Crippen LogP contribution in [0.2, 0.25) is 5.02 Å². The van der Waals surface area contributed by atoms with Gasteiger partial charge in [-0.05, 0) is 43.3 Å². The van der Waals surface area contributed by atoms with Crippen molar-refractivity contribution in [2.24, 2.45) is 0 Å². The van der Waals surface area contributed by atoms with E-state index in [0.717, 1.165) is 33.2 Å². The first-order valence-electron chi connectivity index (χ1n) is 8.89. The number of para-hydroxylation sites is 2. The third-order valence-electron chi connectivity index (χ3n) is 4.84. The molecule has 0 aliphatic carbocycles. The molecule has 0 radical (unpaired) electrons. The lowest BCUT2D eigenvalue weighted by Gasteiger charge is -2.23. The molecule has 0 aliphatic heterocycles. The van der Waals surface area contributed by atoms with Crippen molar-refractivity contribution in [1.82, 2.24) is 4.98 Å². The van der Waals surface area contributed by atoms with Crippen LogP contribution >= 0.6 is 11.6 Å². The maximum absolute atomic E-state index is 6.06. The molecule has 4 heteroatoms. The highest BCUT2D eigenvalue weighted by Gasteiger charge is 2.23. The number of rotatable bonds is 5. The first-order chi connectivity index (χ1) is 13.2. The van der Waals surface area contributed by atoms with Gasteiger partial charge in [-0.1, -0.05) is 48.0 Å². The average molecular weight is 377 g/mol. The predicted molar refractivity (Wildman–Crippen MR) is 113 cm³/mol. The van der Waals surface area contributed by atoms with Crippen LogP contribution in [0.25, 0.3) is 10.9 Å². The first kappa shape index (κ1) is 17.5. The Morgan fingerprint density at radius 3 is 2.41 bits per heavy atom. The van der Waals surface area contributed by atoms with Crippen LogP contribution in [-0.4, -0.2) is 12.1 Å². The minimum atomic E-state index is -0.0709. The van der Waals surface area contributed by atoms with Crippen LogP contribution in [0.4, 0.5) is 5.69 Å². The zero-order chi connectivity index (χ0) is 18.8. The number of aryl methyl sites for hydroxylation is 1. The number of aromatic nitrogens is 1. The van der Waals surface area contributed by atoms with Crippen molar-refractivity contribution in [3.05, 3.63) is 94.6 Å². The number of ether oxygens (including phenoxy) is 1. The molecule has 0 saturated carbocycles. The van der Waals surface area contributed by atoms with Crippen LogP contribution in [0.5, 0.6) is 5.75 Å². The molecule has 3 nitrogen and oxygen atoms in total. The van der Waals surface area contributed by atoms with Crippen molar-refractivity contribution in [2.45, 2.75) is 13.0 Å². The quantitative estimate of drug-likeness (QED) is 0.426. The van der Waals surface area contributed by atoms with Gasteiger partial charge >= 0.3 is 0 Å². The molecule has 4 rings (SSSR count). The van der Waals surface area contributed by atoms with Gasteiger partial charge in [0.15, 0.2) is 0 Å². The maximum Gasteiger partial charge on any atom is 0.124 e. The van der Waals surface area contributed by atoms with Gasteiger partial charge in [0.1, 0.15) is 5.75 Å². The average Bonchev–Trinajstić information content (AvgIpc) is 3.03. The summed E-state index contributed by atoms with van der Waals surface area (Å²) in [5.74, 6) is 0.855. The number of anilines is 1. The molecule has 136 valence electrons. The van der Waals surface area contributed by atoms with Crippen molar-refractivity contribution < 1.29 is 4.74 Å². The topological polar surface area (TPSA) is 37.0 Å². The molecule has 4 aromatic rings. The Labute approximate surface area is 163 Å². The number of methoxy groups -OCH3 is 1. The first-order valence-corrected chi connectivity index (χ1v) is 9.27. The van der Waals surface area contributed by atoms with Crippen LogP contribution in [-0.2, 0) is 0 Å². The van der Waals surface area contributed by atoms with Gasteiger partial charge < -0.3 is 15.0 Å². The largest absolute Gasteiger partial charge is 0.496 e. The number of aromatic amines is 1. The van der Waals surface area contributed by atoms with Crippen LogP contribution < -0.4 is 10.1 Å². The van der Waals surface area contributed by atoms with Crippen molar-refractivity contribution in [2.75, 3.05) is 12.4 Å². The number of fused-ring (bicyclic) bond motifs is 1. The van der Waals surface area contributed by atoms with Gasteiger partial charge in [0.05, 0.1) is 13.2 Å². The Morgan fingerprint density at radius 1 is 0.926 bits per heavy atom. The summed E-state index contributed by atoms with van der Waals surface area (Å²) in [6.07, 6.45) is 0. The van der Waals surface area contributed by atoms with E-state index in [2.05, 4.69) is 41.5 Å². The fraction of sp³-hybridized carbons (Fsp3) is 0.130. The second kappa shape index (κ2) is 7.37. The Bertz CT molecular complexity index is 1070. The summed E-state index contributed by atoms with van der Waals surface area (Å²) in [4.78, 5) is 3.51. The highest BCUT2D eigenvalue weighted by molar-refractivity contribution is 6.30. The molecule has 1 heterocycles. The van der Waals surface area contributed by atoms with E-state index in [-0.39, 0.29) is 6.04 Å². The Kier molecular flexibility index (Phi) is 4.78. The second-order valence-corrected chi connectivity index (χ2v) is 6.97. The highest BCUT2D eigenvalue weighted by Crippen LogP contribution is 2.38. The fourth-order valence-corrected chi connectivity index (χ4v) is 3.72. The number of H-pyrrole nitrogens is 1. The third-order valence-corrected chi connectivity index (χ3v) is 5.09. The van der Waals surface area contributed by atoms with E-state index >= 15 is 0 Å². The van der Waals surface area contributed by atoms with E-state index in [1.54, 1.807) is 7.11 Å². The molecule has 0 bridgehead atoms. The van der Waals surface area contributed by atoms with Crippen LogP contribution in [0.3, 0.4) is 0 Å². The summed E-state index contributed by atoms with van der Waals surface area (Å²) in [5.41, 5.74) is 5.56. The lowest BCUT2D eigenvalue weighted by atomic mass is 9.95. The van der Waals surface area contributed by atoms with Gasteiger partial charge in [-0.25, -0.2) is 0 Å². The Hall–Kier alpha value is -2.91. The van der Waals surface area contributed by atoms with Crippen LogP contribution in [0, 0.1) is 6.92 Å². The molecule has 1 atom stereocenters. The number of hydrogen-bond acceptors (Lipinski definition) is 2. The smallest absolute Gasteiger partial charge is 0.124 e. The third kappa shape index (κ3) is 3.38. The van der Waals surface area contributed by atoms with Gasteiger partial charge in [0.2, 0.25) is 0 Å². The number of hydrogen-bond donors (Lipinski definition) is 2. The molecule has 0 unspecified atom stereocenters. The number of halogens is 1. The summed E-state index contributed by atoms with van der Waals surface area (Å²) in [6.45, 7) is 2.11. The molecule has 0 aliphatic rings. The van der Waals surface area contributed by atoms with E-state index in [9.17, 15) is 0 Å². The van der Waals surface area contributed by atoms with Gasteiger partial charge in [-0.3, -0.25) is 0 Å². The van der Waals surface area contributed by atoms with E-state index < -0.39 is 0 Å². The van der Waals surface area contributed by atoms with Crippen molar-refractivity contribution >= 4 is 28.2 Å². The van der Waals surface area contributed by atoms with Crippen LogP contribution in [0.1, 0.15) is 22.9 Å². The number of nitrogens with one attached hydrogen (secondary N) is 2. The summed E-state index contributed by atoms with van der Waals surface area (Å²) in [6, 6.07) is 24.2. The van der Waals surface area contributed by atoms with Gasteiger partial charge in [0.25, 0.3) is 0 Å². The van der Waals surface area contributed by atoms with Gasteiger partial charge in [-0.2, -0.15) is 0 Å². The number of benzene rings is 3. The van der Waals surface area contributed by atoms with Gasteiger partial charge in [-0.15, -0.1) is 0 Å². The van der Waals surface area contributed by atoms with Gasteiger partial charge in [0, 0.05) is 38.4 Å². The predicted octanol–water partition coefficient (Wildman–Crippen LogP) is 6.34. The minimum absolute atomic E-state index is 0.0709. The Balaban J connectivity index is 1.89. The lowest BCUT2D eigenvalue weighted by Crippen LogP contribution is -2.14. The zero-order valence-electron chi connectivity index (χ0n) is 15.3. The van der Waals surface area contributed by atoms with E-state index in [1.807, 2.05) is 48.5 Å². The molecule has 0 amide bonds. The highest BCUT2D eigenvalue weighted by atomic mass is 35.5. The standard InChI is InChI=1S/C23H21ClN2O/c1-15-22(18-7-3-5-9-20(18)25-15)23(19-8-4-6-10-21(19)27-2)26-17-13-11-16(24)12-14-17/h3-14,23,25-26H,1-2H3/t23-/m0/s1. The summed E-state index contributed by atoms with van der Waals surface area (Å²) >= 11 is 6.06. The van der Waals surface area contributed by atoms with Crippen molar-refractivity contribution in [3.63, 3.8) is 0 Å². The van der Waals surface area contributed by atoms with Crippen molar-refractivity contribution in [1.29, 1.82) is 0 Å². The zero-order valence-corrected chi connectivity index (χ0v) is 16.0. The van der Waals surface area contributed by atoms with Crippen molar-refractivity contribution in [3.8, 4) is 5.75 Å². The van der Waals surface area contributed by atoms with E-state index in [1.165, 1.54) is 10.9 Å². The molecule has 3 aromatic carbocycles. The molecule has 2 N–H and O–H groups in total. The Morgan fingerprint density at radius 2 is 1.63 bits per heavy atom. The molecular weight excluding hydrogens is 356 g/mol. The fourth-order valence-electron chi connectivity index (χ4n) is 3.59. The normalized spacial score (nSPS) is 12.1. The lowest BCUT2D eigenvalue weighted by molar-refractivity contribution is 0.408. The maximum atomic E-state index is 6.06. The molecule has 27 heavy (non-hydrogen) atoms. The monoisotopic (exact) mass is 376 g/mol. The SMILES string of the molecule is COc1ccccc1[C@H](Nc1ccc(Cl)cc1)c1c(C)[nH]c2ccccc12. The molecule has 0 spiro atoms. The molecule has 1 aromatic heterocycles. The molecule has 0 fully saturated rings. The second-order valence-electron chi connectivity index (χ2n) is 6.54. The summed E-state index contributed by atoms with van der Waals surface area (Å²) in [5, 5.41) is 5.60. The molecule has 0 saturated heterocycles. The van der Waals surface area contributed by atoms with Crippen LogP contribution in [0.15, 0.2) is 72.8 Å².